The smallest absolute Gasteiger partial charge is 0.174 e. The molecule has 0 atom stereocenters. The molecule has 1 aliphatic rings. The minimum absolute atomic E-state index is 0.473. The molecule has 3 aromatic rings. The summed E-state index contributed by atoms with van der Waals surface area (Å²) >= 11 is 3.88. The quantitative estimate of drug-likeness (QED) is 0.282. The van der Waals surface area contributed by atoms with Crippen molar-refractivity contribution in [1.29, 1.82) is 5.26 Å². The van der Waals surface area contributed by atoms with Crippen LogP contribution in [0, 0.1) is 21.8 Å². The first-order valence-electron chi connectivity index (χ1n) is 10.3. The maximum absolute atomic E-state index is 9.69. The minimum atomic E-state index is 0.473. The number of halogens is 1. The molecule has 0 amide bonds. The number of thiophene rings is 1. The standard InChI is InChI=1S/C25H24IN3O2S/c1-16-4-6-17(7-5-16)15-31-24-21(26)10-18(11-22(24)30-3)13-28-25-20(12-27)19-8-9-29(2)14-23(19)32-25/h4-7,10-11,13H,8-9,14-15H2,1-3H3. The lowest BCUT2D eigenvalue weighted by Crippen LogP contribution is -2.25. The third-order valence-corrected chi connectivity index (χ3v) is 7.35. The summed E-state index contributed by atoms with van der Waals surface area (Å²) in [4.78, 5) is 8.20. The SMILES string of the molecule is COc1cc(C=Nc2sc3c(c2C#N)CCN(C)C3)cc(I)c1OCc1ccc(C)cc1. The molecule has 2 heterocycles. The first kappa shape index (κ1) is 22.8. The average Bonchev–Trinajstić information content (AvgIpc) is 3.14. The fourth-order valence-electron chi connectivity index (χ4n) is 3.65. The number of methoxy groups -OCH3 is 1. The molecule has 4 rings (SSSR count). The molecule has 0 radical (unpaired) electrons. The van der Waals surface area contributed by atoms with Crippen molar-refractivity contribution < 1.29 is 9.47 Å². The molecule has 0 aliphatic carbocycles. The van der Waals surface area contributed by atoms with Crippen molar-refractivity contribution in [3.05, 3.63) is 72.7 Å². The summed E-state index contributed by atoms with van der Waals surface area (Å²) in [5.74, 6) is 1.39. The van der Waals surface area contributed by atoms with Gasteiger partial charge in [-0.1, -0.05) is 29.8 Å². The summed E-state index contributed by atoms with van der Waals surface area (Å²) in [6.45, 7) is 4.39. The van der Waals surface area contributed by atoms with Gasteiger partial charge in [0.25, 0.3) is 0 Å². The van der Waals surface area contributed by atoms with Crippen LogP contribution in [-0.2, 0) is 19.6 Å². The molecular formula is C25H24IN3O2S. The van der Waals surface area contributed by atoms with E-state index < -0.39 is 0 Å². The molecule has 0 bridgehead atoms. The van der Waals surface area contributed by atoms with Crippen LogP contribution in [0.25, 0.3) is 0 Å². The van der Waals surface area contributed by atoms with Gasteiger partial charge in [0, 0.05) is 24.2 Å². The van der Waals surface area contributed by atoms with E-state index in [1.165, 1.54) is 10.4 Å². The van der Waals surface area contributed by atoms with Crippen LogP contribution in [0.5, 0.6) is 11.5 Å². The van der Waals surface area contributed by atoms with Gasteiger partial charge in [-0.2, -0.15) is 5.26 Å². The van der Waals surface area contributed by atoms with E-state index in [2.05, 4.69) is 76.8 Å². The van der Waals surface area contributed by atoms with Crippen molar-refractivity contribution >= 4 is 45.1 Å². The number of fused-ring (bicyclic) bond motifs is 1. The monoisotopic (exact) mass is 557 g/mol. The van der Waals surface area contributed by atoms with Crippen LogP contribution in [0.1, 0.15) is 32.7 Å². The predicted molar refractivity (Wildman–Crippen MR) is 138 cm³/mol. The Bertz CT molecular complexity index is 1200. The van der Waals surface area contributed by atoms with Gasteiger partial charge in [-0.15, -0.1) is 11.3 Å². The van der Waals surface area contributed by atoms with Crippen LogP contribution in [0.15, 0.2) is 41.4 Å². The number of likely N-dealkylation sites (N-methyl/N-ethyl adjacent to an activating group) is 1. The lowest BCUT2D eigenvalue weighted by atomic mass is 10.0. The number of hydrogen-bond donors (Lipinski definition) is 0. The van der Waals surface area contributed by atoms with Crippen LogP contribution in [0.4, 0.5) is 5.00 Å². The largest absolute Gasteiger partial charge is 0.493 e. The Morgan fingerprint density at radius 3 is 2.78 bits per heavy atom. The van der Waals surface area contributed by atoms with E-state index in [0.717, 1.165) is 50.5 Å². The summed E-state index contributed by atoms with van der Waals surface area (Å²) in [6.07, 6.45) is 2.70. The van der Waals surface area contributed by atoms with Gasteiger partial charge in [0.05, 0.1) is 16.2 Å². The molecular weight excluding hydrogens is 533 g/mol. The van der Waals surface area contributed by atoms with Crippen LogP contribution in [0.3, 0.4) is 0 Å². The number of rotatable bonds is 6. The fourth-order valence-corrected chi connectivity index (χ4v) is 5.65. The van der Waals surface area contributed by atoms with Gasteiger partial charge in [-0.05, 0) is 71.8 Å². The lowest BCUT2D eigenvalue weighted by Gasteiger charge is -2.21. The van der Waals surface area contributed by atoms with Crippen molar-refractivity contribution in [3.8, 4) is 17.6 Å². The maximum Gasteiger partial charge on any atom is 0.174 e. The second-order valence-electron chi connectivity index (χ2n) is 7.85. The van der Waals surface area contributed by atoms with Crippen molar-refractivity contribution in [2.45, 2.75) is 26.5 Å². The zero-order valence-corrected chi connectivity index (χ0v) is 21.3. The van der Waals surface area contributed by atoms with Crippen molar-refractivity contribution in [3.63, 3.8) is 0 Å². The highest BCUT2D eigenvalue weighted by Crippen LogP contribution is 2.39. The van der Waals surface area contributed by atoms with Crippen LogP contribution in [0.2, 0.25) is 0 Å². The Balaban J connectivity index is 1.56. The van der Waals surface area contributed by atoms with Gasteiger partial charge in [0.2, 0.25) is 0 Å². The first-order chi connectivity index (χ1) is 15.5. The Labute approximate surface area is 206 Å². The number of ether oxygens (including phenoxy) is 2. The molecule has 0 saturated carbocycles. The topological polar surface area (TPSA) is 57.8 Å². The van der Waals surface area contributed by atoms with Crippen molar-refractivity contribution in [2.24, 2.45) is 4.99 Å². The molecule has 0 unspecified atom stereocenters. The summed E-state index contributed by atoms with van der Waals surface area (Å²) in [7, 11) is 3.75. The molecule has 0 N–H and O–H groups in total. The van der Waals surface area contributed by atoms with Gasteiger partial charge in [-0.3, -0.25) is 0 Å². The second kappa shape index (κ2) is 10.0. The second-order valence-corrected chi connectivity index (χ2v) is 10.1. The fraction of sp³-hybridized carbons (Fsp3) is 0.280. The Morgan fingerprint density at radius 1 is 1.28 bits per heavy atom. The molecule has 0 spiro atoms. The lowest BCUT2D eigenvalue weighted by molar-refractivity contribution is 0.282. The number of hydrogen-bond acceptors (Lipinski definition) is 6. The molecule has 32 heavy (non-hydrogen) atoms. The Morgan fingerprint density at radius 2 is 2.06 bits per heavy atom. The third-order valence-electron chi connectivity index (χ3n) is 5.43. The zero-order chi connectivity index (χ0) is 22.7. The highest BCUT2D eigenvalue weighted by molar-refractivity contribution is 14.1. The van der Waals surface area contributed by atoms with E-state index in [-0.39, 0.29) is 0 Å². The van der Waals surface area contributed by atoms with E-state index in [0.29, 0.717) is 17.9 Å². The van der Waals surface area contributed by atoms with E-state index in [1.54, 1.807) is 24.7 Å². The summed E-state index contributed by atoms with van der Waals surface area (Å²) < 4.78 is 12.6. The molecule has 5 nitrogen and oxygen atoms in total. The Kier molecular flexibility index (Phi) is 7.13. The number of nitriles is 1. The van der Waals surface area contributed by atoms with Gasteiger partial charge in [0.15, 0.2) is 11.5 Å². The van der Waals surface area contributed by atoms with E-state index >= 15 is 0 Å². The van der Waals surface area contributed by atoms with Gasteiger partial charge < -0.3 is 14.4 Å². The molecule has 0 fully saturated rings. The van der Waals surface area contributed by atoms with E-state index in [9.17, 15) is 5.26 Å². The minimum Gasteiger partial charge on any atom is -0.493 e. The number of benzene rings is 2. The third kappa shape index (κ3) is 4.98. The van der Waals surface area contributed by atoms with Crippen LogP contribution < -0.4 is 9.47 Å². The van der Waals surface area contributed by atoms with E-state index in [4.69, 9.17) is 9.47 Å². The molecule has 2 aromatic carbocycles. The van der Waals surface area contributed by atoms with Crippen LogP contribution >= 0.6 is 33.9 Å². The van der Waals surface area contributed by atoms with E-state index in [1.807, 2.05) is 12.1 Å². The number of aliphatic imine (C=N–C) groups is 1. The van der Waals surface area contributed by atoms with Crippen molar-refractivity contribution in [1.82, 2.24) is 4.90 Å². The molecule has 164 valence electrons. The molecule has 1 aromatic heterocycles. The first-order valence-corrected chi connectivity index (χ1v) is 12.2. The maximum atomic E-state index is 9.69. The summed E-state index contributed by atoms with van der Waals surface area (Å²) in [6, 6.07) is 14.6. The van der Waals surface area contributed by atoms with Gasteiger partial charge in [0.1, 0.15) is 17.7 Å². The van der Waals surface area contributed by atoms with Crippen LogP contribution in [-0.4, -0.2) is 31.8 Å². The summed E-state index contributed by atoms with van der Waals surface area (Å²) in [5, 5.41) is 10.5. The highest BCUT2D eigenvalue weighted by Gasteiger charge is 2.22. The predicted octanol–water partition coefficient (Wildman–Crippen LogP) is 5.86. The average molecular weight is 557 g/mol. The normalized spacial score (nSPS) is 13.7. The highest BCUT2D eigenvalue weighted by atomic mass is 127. The zero-order valence-electron chi connectivity index (χ0n) is 18.3. The molecule has 1 aliphatic heterocycles. The van der Waals surface area contributed by atoms with Gasteiger partial charge in [-0.25, -0.2) is 4.99 Å². The van der Waals surface area contributed by atoms with Gasteiger partial charge >= 0.3 is 0 Å². The Hall–Kier alpha value is -2.41. The van der Waals surface area contributed by atoms with Crippen molar-refractivity contribution in [2.75, 3.05) is 20.7 Å². The molecule has 7 heteroatoms. The number of aryl methyl sites for hydroxylation is 1. The molecule has 0 saturated heterocycles. The summed E-state index contributed by atoms with van der Waals surface area (Å²) in [5.41, 5.74) is 5.11. The number of nitrogens with zero attached hydrogens (tertiary/aromatic N) is 3.